The van der Waals surface area contributed by atoms with Crippen molar-refractivity contribution in [1.29, 1.82) is 0 Å². The van der Waals surface area contributed by atoms with Crippen LogP contribution in [0, 0.1) is 5.92 Å². The summed E-state index contributed by atoms with van der Waals surface area (Å²) in [5.74, 6) is 0.696. The molecule has 2 N–H and O–H groups in total. The Balaban J connectivity index is 1.80. The monoisotopic (exact) mass is 300 g/mol. The maximum atomic E-state index is 6.50. The van der Waals surface area contributed by atoms with E-state index in [1.54, 1.807) is 11.3 Å². The average Bonchev–Trinajstić information content (AvgIpc) is 3.09. The summed E-state index contributed by atoms with van der Waals surface area (Å²) >= 11 is 1.72. The van der Waals surface area contributed by atoms with Gasteiger partial charge in [-0.05, 0) is 30.7 Å². The molecule has 1 aromatic heterocycles. The third kappa shape index (κ3) is 3.19. The Hall–Kier alpha value is -1.19. The molecule has 1 fully saturated rings. The third-order valence-electron chi connectivity index (χ3n) is 4.32. The summed E-state index contributed by atoms with van der Waals surface area (Å²) in [6.45, 7) is 4.51. The van der Waals surface area contributed by atoms with E-state index in [2.05, 4.69) is 43.5 Å². The van der Waals surface area contributed by atoms with Crippen molar-refractivity contribution in [3.05, 3.63) is 40.2 Å². The molecule has 0 aliphatic heterocycles. The second kappa shape index (κ2) is 5.90. The molecule has 0 bridgehead atoms. The summed E-state index contributed by atoms with van der Waals surface area (Å²) in [4.78, 5) is 4.82. The van der Waals surface area contributed by atoms with Gasteiger partial charge in [0.25, 0.3) is 0 Å². The summed E-state index contributed by atoms with van der Waals surface area (Å²) < 4.78 is 0. The number of rotatable bonds is 4. The molecule has 112 valence electrons. The zero-order valence-corrected chi connectivity index (χ0v) is 13.7. The van der Waals surface area contributed by atoms with Gasteiger partial charge in [0.15, 0.2) is 0 Å². The molecule has 3 heteroatoms. The molecule has 3 rings (SSSR count). The van der Waals surface area contributed by atoms with E-state index in [0.29, 0.717) is 5.92 Å². The molecule has 2 nitrogen and oxygen atoms in total. The van der Waals surface area contributed by atoms with Gasteiger partial charge in [-0.25, -0.2) is 4.98 Å². The number of aromatic nitrogens is 1. The lowest BCUT2D eigenvalue weighted by molar-refractivity contribution is 0.459. The zero-order chi connectivity index (χ0) is 14.9. The molecule has 0 spiro atoms. The average molecular weight is 300 g/mol. The molecule has 21 heavy (non-hydrogen) atoms. The van der Waals surface area contributed by atoms with E-state index in [9.17, 15) is 0 Å². The van der Waals surface area contributed by atoms with Crippen LogP contribution in [-0.2, 0) is 12.0 Å². The normalized spacial score (nSPS) is 17.5. The minimum absolute atomic E-state index is 0.166. The van der Waals surface area contributed by atoms with Gasteiger partial charge < -0.3 is 5.73 Å². The fraction of sp³-hybridized carbons (Fsp3) is 0.500. The van der Waals surface area contributed by atoms with Crippen molar-refractivity contribution in [2.45, 2.75) is 51.5 Å². The van der Waals surface area contributed by atoms with Crippen molar-refractivity contribution in [2.75, 3.05) is 0 Å². The topological polar surface area (TPSA) is 38.9 Å². The number of thiazole rings is 1. The second-order valence-electron chi connectivity index (χ2n) is 6.70. The SMILES string of the molecule is CC(C)Cc1ccc(-c2csc(C3(N)CCCC3)n2)cc1. The summed E-state index contributed by atoms with van der Waals surface area (Å²) in [7, 11) is 0. The van der Waals surface area contributed by atoms with E-state index in [-0.39, 0.29) is 5.54 Å². The molecule has 0 amide bonds. The number of nitrogens with zero attached hydrogens (tertiary/aromatic N) is 1. The minimum Gasteiger partial charge on any atom is -0.319 e. The van der Waals surface area contributed by atoms with Gasteiger partial charge in [-0.2, -0.15) is 0 Å². The van der Waals surface area contributed by atoms with Crippen LogP contribution in [0.4, 0.5) is 0 Å². The fourth-order valence-electron chi connectivity index (χ4n) is 3.14. The van der Waals surface area contributed by atoms with Gasteiger partial charge >= 0.3 is 0 Å². The molecular weight excluding hydrogens is 276 g/mol. The van der Waals surface area contributed by atoms with Crippen molar-refractivity contribution < 1.29 is 0 Å². The molecule has 1 aliphatic rings. The van der Waals surface area contributed by atoms with Crippen LogP contribution in [0.25, 0.3) is 11.3 Å². The van der Waals surface area contributed by atoms with E-state index in [0.717, 1.165) is 30.0 Å². The van der Waals surface area contributed by atoms with Crippen LogP contribution in [0.5, 0.6) is 0 Å². The van der Waals surface area contributed by atoms with Crippen molar-refractivity contribution in [3.8, 4) is 11.3 Å². The molecule has 1 aromatic carbocycles. The highest BCUT2D eigenvalue weighted by molar-refractivity contribution is 7.10. The third-order valence-corrected chi connectivity index (χ3v) is 5.38. The minimum atomic E-state index is -0.166. The molecule has 0 saturated heterocycles. The van der Waals surface area contributed by atoms with Crippen molar-refractivity contribution in [3.63, 3.8) is 0 Å². The van der Waals surface area contributed by atoms with Gasteiger partial charge in [-0.3, -0.25) is 0 Å². The predicted molar refractivity (Wildman–Crippen MR) is 90.4 cm³/mol. The van der Waals surface area contributed by atoms with Gasteiger partial charge in [0, 0.05) is 10.9 Å². The summed E-state index contributed by atoms with van der Waals surface area (Å²) in [6.07, 6.45) is 5.75. The summed E-state index contributed by atoms with van der Waals surface area (Å²) in [5, 5.41) is 3.26. The lowest BCUT2D eigenvalue weighted by atomic mass is 10.00. The number of hydrogen-bond acceptors (Lipinski definition) is 3. The van der Waals surface area contributed by atoms with Crippen LogP contribution in [0.15, 0.2) is 29.6 Å². The fourth-order valence-corrected chi connectivity index (χ4v) is 4.14. The van der Waals surface area contributed by atoms with E-state index < -0.39 is 0 Å². The zero-order valence-electron chi connectivity index (χ0n) is 12.9. The first-order valence-electron chi connectivity index (χ1n) is 7.91. The van der Waals surface area contributed by atoms with Gasteiger partial charge in [0.2, 0.25) is 0 Å². The Bertz CT molecular complexity index is 592. The highest BCUT2D eigenvalue weighted by Crippen LogP contribution is 2.38. The van der Waals surface area contributed by atoms with Crippen LogP contribution >= 0.6 is 11.3 Å². The van der Waals surface area contributed by atoms with E-state index in [1.165, 1.54) is 24.0 Å². The first-order valence-corrected chi connectivity index (χ1v) is 8.79. The Kier molecular flexibility index (Phi) is 4.14. The van der Waals surface area contributed by atoms with Gasteiger partial charge in [0.1, 0.15) is 5.01 Å². The van der Waals surface area contributed by atoms with Crippen LogP contribution in [0.1, 0.15) is 50.1 Å². The Morgan fingerprint density at radius 2 is 1.86 bits per heavy atom. The first-order chi connectivity index (χ1) is 10.1. The molecule has 1 aliphatic carbocycles. The molecule has 0 unspecified atom stereocenters. The lowest BCUT2D eigenvalue weighted by Gasteiger charge is -2.19. The molecule has 1 heterocycles. The summed E-state index contributed by atoms with van der Waals surface area (Å²) in [6, 6.07) is 8.83. The van der Waals surface area contributed by atoms with Crippen LogP contribution in [-0.4, -0.2) is 4.98 Å². The van der Waals surface area contributed by atoms with Crippen molar-refractivity contribution in [1.82, 2.24) is 4.98 Å². The van der Waals surface area contributed by atoms with Gasteiger partial charge in [-0.1, -0.05) is 51.0 Å². The predicted octanol–water partition coefficient (Wildman–Crippen LogP) is 4.74. The van der Waals surface area contributed by atoms with Gasteiger partial charge in [-0.15, -0.1) is 11.3 Å². The maximum Gasteiger partial charge on any atom is 0.113 e. The van der Waals surface area contributed by atoms with Crippen molar-refractivity contribution in [2.24, 2.45) is 11.7 Å². The standard InChI is InChI=1S/C18H24N2S/c1-13(2)11-14-5-7-15(8-6-14)16-12-21-17(20-16)18(19)9-3-4-10-18/h5-8,12-13H,3-4,9-11,19H2,1-2H3. The molecule has 1 saturated carbocycles. The highest BCUT2D eigenvalue weighted by atomic mass is 32.1. The van der Waals surface area contributed by atoms with E-state index in [4.69, 9.17) is 10.7 Å². The smallest absolute Gasteiger partial charge is 0.113 e. The Morgan fingerprint density at radius 3 is 2.48 bits per heavy atom. The van der Waals surface area contributed by atoms with Crippen molar-refractivity contribution >= 4 is 11.3 Å². The quantitative estimate of drug-likeness (QED) is 0.886. The number of nitrogens with two attached hydrogens (primary N) is 1. The maximum absolute atomic E-state index is 6.50. The molecule has 0 radical (unpaired) electrons. The first kappa shape index (κ1) is 14.7. The van der Waals surface area contributed by atoms with E-state index in [1.807, 2.05) is 0 Å². The number of benzene rings is 1. The van der Waals surface area contributed by atoms with Crippen LogP contribution in [0.3, 0.4) is 0 Å². The molecule has 2 aromatic rings. The lowest BCUT2D eigenvalue weighted by Crippen LogP contribution is -2.32. The highest BCUT2D eigenvalue weighted by Gasteiger charge is 2.34. The van der Waals surface area contributed by atoms with Crippen LogP contribution in [0.2, 0.25) is 0 Å². The molecule has 0 atom stereocenters. The Labute approximate surface area is 131 Å². The molecular formula is C18H24N2S. The Morgan fingerprint density at radius 1 is 1.19 bits per heavy atom. The second-order valence-corrected chi connectivity index (χ2v) is 7.55. The largest absolute Gasteiger partial charge is 0.319 e. The number of hydrogen-bond donors (Lipinski definition) is 1. The van der Waals surface area contributed by atoms with Gasteiger partial charge in [0.05, 0.1) is 11.2 Å². The van der Waals surface area contributed by atoms with Crippen LogP contribution < -0.4 is 5.73 Å². The van der Waals surface area contributed by atoms with E-state index >= 15 is 0 Å². The summed E-state index contributed by atoms with van der Waals surface area (Å²) in [5.41, 5.74) is 10.0.